The Morgan fingerprint density at radius 3 is 2.81 bits per heavy atom. The number of nitrogens with zero attached hydrogens (tertiary/aromatic N) is 2. The minimum Gasteiger partial charge on any atom is -0.357 e. The number of aromatic nitrogens is 1. The zero-order valence-corrected chi connectivity index (χ0v) is 12.8. The van der Waals surface area contributed by atoms with Crippen LogP contribution in [0.2, 0.25) is 0 Å². The van der Waals surface area contributed by atoms with Crippen LogP contribution in [-0.2, 0) is 4.79 Å². The number of piperidine rings is 1. The summed E-state index contributed by atoms with van der Waals surface area (Å²) in [5, 5.41) is 6.40. The summed E-state index contributed by atoms with van der Waals surface area (Å²) in [7, 11) is 0. The van der Waals surface area contributed by atoms with Gasteiger partial charge >= 0.3 is 0 Å². The molecule has 2 heterocycles. The summed E-state index contributed by atoms with van der Waals surface area (Å²) in [6.07, 6.45) is 5.61. The Bertz CT molecular complexity index is 416. The van der Waals surface area contributed by atoms with E-state index in [9.17, 15) is 4.79 Å². The SMILES string of the molecule is CCCNC(=O)CCNC1CCN(c2ccccn2)CC1. The number of hydrogen-bond donors (Lipinski definition) is 2. The number of carbonyl (C=O) groups is 1. The maximum atomic E-state index is 11.5. The lowest BCUT2D eigenvalue weighted by Crippen LogP contribution is -2.43. The lowest BCUT2D eigenvalue weighted by molar-refractivity contribution is -0.121. The van der Waals surface area contributed by atoms with Gasteiger partial charge in [-0.05, 0) is 31.4 Å². The van der Waals surface area contributed by atoms with Crippen molar-refractivity contribution in [3.63, 3.8) is 0 Å². The zero-order valence-electron chi connectivity index (χ0n) is 12.8. The fraction of sp³-hybridized carbons (Fsp3) is 0.625. The standard InChI is InChI=1S/C16H26N4O/c1-2-9-19-16(21)6-11-17-14-7-12-20(13-8-14)15-5-3-4-10-18-15/h3-5,10,14,17H,2,6-9,11-13H2,1H3,(H,19,21). The monoisotopic (exact) mass is 290 g/mol. The van der Waals surface area contributed by atoms with E-state index in [2.05, 4.69) is 33.5 Å². The highest BCUT2D eigenvalue weighted by atomic mass is 16.1. The minimum absolute atomic E-state index is 0.148. The molecule has 0 radical (unpaired) electrons. The van der Waals surface area contributed by atoms with E-state index < -0.39 is 0 Å². The molecule has 5 heteroatoms. The Labute approximate surface area is 127 Å². The normalized spacial score (nSPS) is 16.0. The maximum Gasteiger partial charge on any atom is 0.221 e. The summed E-state index contributed by atoms with van der Waals surface area (Å²) in [6, 6.07) is 6.55. The summed E-state index contributed by atoms with van der Waals surface area (Å²) < 4.78 is 0. The molecular weight excluding hydrogens is 264 g/mol. The Hall–Kier alpha value is -1.62. The van der Waals surface area contributed by atoms with Crippen molar-refractivity contribution in [2.45, 2.75) is 38.6 Å². The molecular formula is C16H26N4O. The van der Waals surface area contributed by atoms with E-state index in [0.29, 0.717) is 12.5 Å². The third-order valence-electron chi connectivity index (χ3n) is 3.83. The van der Waals surface area contributed by atoms with Crippen LogP contribution in [0.1, 0.15) is 32.6 Å². The molecule has 0 spiro atoms. The Kier molecular flexibility index (Phi) is 6.47. The molecule has 1 saturated heterocycles. The summed E-state index contributed by atoms with van der Waals surface area (Å²) in [5.41, 5.74) is 0. The molecule has 2 N–H and O–H groups in total. The molecule has 1 aromatic heterocycles. The van der Waals surface area contributed by atoms with Gasteiger partial charge in [-0.2, -0.15) is 0 Å². The van der Waals surface area contributed by atoms with Gasteiger partial charge in [0.25, 0.3) is 0 Å². The number of rotatable bonds is 7. The topological polar surface area (TPSA) is 57.3 Å². The lowest BCUT2D eigenvalue weighted by atomic mass is 10.0. The van der Waals surface area contributed by atoms with E-state index >= 15 is 0 Å². The van der Waals surface area contributed by atoms with Gasteiger partial charge in [-0.3, -0.25) is 4.79 Å². The molecule has 0 bridgehead atoms. The van der Waals surface area contributed by atoms with Crippen molar-refractivity contribution >= 4 is 11.7 Å². The molecule has 2 rings (SSSR count). The van der Waals surface area contributed by atoms with Crippen LogP contribution in [0.25, 0.3) is 0 Å². The first-order valence-electron chi connectivity index (χ1n) is 7.95. The second-order valence-electron chi connectivity index (χ2n) is 5.50. The predicted molar refractivity (Wildman–Crippen MR) is 85.4 cm³/mol. The third-order valence-corrected chi connectivity index (χ3v) is 3.83. The Morgan fingerprint density at radius 1 is 1.33 bits per heavy atom. The minimum atomic E-state index is 0.148. The van der Waals surface area contributed by atoms with Gasteiger partial charge in [0.05, 0.1) is 0 Å². The summed E-state index contributed by atoms with van der Waals surface area (Å²) in [4.78, 5) is 18.2. The quantitative estimate of drug-likeness (QED) is 0.800. The molecule has 0 saturated carbocycles. The van der Waals surface area contributed by atoms with E-state index in [-0.39, 0.29) is 5.91 Å². The van der Waals surface area contributed by atoms with E-state index in [1.54, 1.807) is 0 Å². The summed E-state index contributed by atoms with van der Waals surface area (Å²) in [6.45, 7) is 5.66. The maximum absolute atomic E-state index is 11.5. The fourth-order valence-electron chi connectivity index (χ4n) is 2.60. The van der Waals surface area contributed by atoms with E-state index in [4.69, 9.17) is 0 Å². The smallest absolute Gasteiger partial charge is 0.221 e. The van der Waals surface area contributed by atoms with Crippen LogP contribution in [0.3, 0.4) is 0 Å². The van der Waals surface area contributed by atoms with Crippen molar-refractivity contribution in [1.82, 2.24) is 15.6 Å². The molecule has 0 aliphatic carbocycles. The Morgan fingerprint density at radius 2 is 2.14 bits per heavy atom. The van der Waals surface area contributed by atoms with Gasteiger partial charge in [-0.15, -0.1) is 0 Å². The average molecular weight is 290 g/mol. The van der Waals surface area contributed by atoms with Gasteiger partial charge in [-0.1, -0.05) is 13.0 Å². The molecule has 1 aromatic rings. The number of anilines is 1. The van der Waals surface area contributed by atoms with Crippen molar-refractivity contribution in [2.75, 3.05) is 31.1 Å². The van der Waals surface area contributed by atoms with E-state index in [0.717, 1.165) is 51.3 Å². The van der Waals surface area contributed by atoms with Gasteiger partial charge in [0.2, 0.25) is 5.91 Å². The molecule has 0 aromatic carbocycles. The van der Waals surface area contributed by atoms with Gasteiger partial charge in [0, 0.05) is 44.8 Å². The van der Waals surface area contributed by atoms with E-state index in [1.807, 2.05) is 18.3 Å². The highest BCUT2D eigenvalue weighted by Crippen LogP contribution is 2.17. The molecule has 116 valence electrons. The Balaban J connectivity index is 1.62. The molecule has 1 fully saturated rings. The van der Waals surface area contributed by atoms with Crippen LogP contribution in [0, 0.1) is 0 Å². The van der Waals surface area contributed by atoms with Crippen LogP contribution in [0.4, 0.5) is 5.82 Å². The van der Waals surface area contributed by atoms with Crippen LogP contribution in [0.5, 0.6) is 0 Å². The number of pyridine rings is 1. The lowest BCUT2D eigenvalue weighted by Gasteiger charge is -2.33. The molecule has 0 atom stereocenters. The van der Waals surface area contributed by atoms with Crippen molar-refractivity contribution < 1.29 is 4.79 Å². The van der Waals surface area contributed by atoms with Gasteiger partial charge < -0.3 is 15.5 Å². The summed E-state index contributed by atoms with van der Waals surface area (Å²) >= 11 is 0. The second kappa shape index (κ2) is 8.62. The van der Waals surface area contributed by atoms with Crippen LogP contribution >= 0.6 is 0 Å². The second-order valence-corrected chi connectivity index (χ2v) is 5.50. The zero-order chi connectivity index (χ0) is 14.9. The largest absolute Gasteiger partial charge is 0.357 e. The first-order valence-corrected chi connectivity index (χ1v) is 7.95. The number of amides is 1. The van der Waals surface area contributed by atoms with Crippen molar-refractivity contribution in [1.29, 1.82) is 0 Å². The molecule has 1 amide bonds. The number of hydrogen-bond acceptors (Lipinski definition) is 4. The van der Waals surface area contributed by atoms with Crippen molar-refractivity contribution in [2.24, 2.45) is 0 Å². The van der Waals surface area contributed by atoms with E-state index in [1.165, 1.54) is 0 Å². The number of nitrogens with one attached hydrogen (secondary N) is 2. The first kappa shape index (κ1) is 15.8. The van der Waals surface area contributed by atoms with Crippen molar-refractivity contribution in [3.05, 3.63) is 24.4 Å². The van der Waals surface area contributed by atoms with Crippen LogP contribution in [-0.4, -0.2) is 43.1 Å². The molecule has 1 aliphatic heterocycles. The predicted octanol–water partition coefficient (Wildman–Crippen LogP) is 1.56. The fourth-order valence-corrected chi connectivity index (χ4v) is 2.60. The molecule has 5 nitrogen and oxygen atoms in total. The average Bonchev–Trinajstić information content (AvgIpc) is 2.54. The molecule has 1 aliphatic rings. The number of carbonyl (C=O) groups excluding carboxylic acids is 1. The highest BCUT2D eigenvalue weighted by molar-refractivity contribution is 5.75. The molecule has 21 heavy (non-hydrogen) atoms. The summed E-state index contributed by atoms with van der Waals surface area (Å²) in [5.74, 6) is 1.21. The van der Waals surface area contributed by atoms with Gasteiger partial charge in [0.1, 0.15) is 5.82 Å². The first-order chi connectivity index (χ1) is 10.3. The molecule has 0 unspecified atom stereocenters. The van der Waals surface area contributed by atoms with Crippen LogP contribution < -0.4 is 15.5 Å². The highest BCUT2D eigenvalue weighted by Gasteiger charge is 2.19. The van der Waals surface area contributed by atoms with Crippen LogP contribution in [0.15, 0.2) is 24.4 Å². The van der Waals surface area contributed by atoms with Crippen molar-refractivity contribution in [3.8, 4) is 0 Å². The van der Waals surface area contributed by atoms with Gasteiger partial charge in [-0.25, -0.2) is 4.98 Å². The third kappa shape index (κ3) is 5.34. The van der Waals surface area contributed by atoms with Gasteiger partial charge in [0.15, 0.2) is 0 Å².